The van der Waals surface area contributed by atoms with Gasteiger partial charge in [0.05, 0.1) is 6.61 Å². The summed E-state index contributed by atoms with van der Waals surface area (Å²) in [5.41, 5.74) is 0.376. The quantitative estimate of drug-likeness (QED) is 0.752. The van der Waals surface area contributed by atoms with Crippen molar-refractivity contribution in [3.05, 3.63) is 0 Å². The molecule has 1 aliphatic rings. The van der Waals surface area contributed by atoms with E-state index in [1.54, 1.807) is 0 Å². The van der Waals surface area contributed by atoms with Crippen LogP contribution in [-0.2, 0) is 4.74 Å². The van der Waals surface area contributed by atoms with E-state index in [1.807, 2.05) is 0 Å². The van der Waals surface area contributed by atoms with Crippen LogP contribution in [0.4, 0.5) is 0 Å². The Balaban J connectivity index is 2.61. The highest BCUT2D eigenvalue weighted by Gasteiger charge is 2.34. The third kappa shape index (κ3) is 3.74. The predicted octanol–water partition coefficient (Wildman–Crippen LogP) is 3.22. The molecule has 1 rings (SSSR count). The van der Waals surface area contributed by atoms with E-state index in [1.165, 1.54) is 25.7 Å². The van der Waals surface area contributed by atoms with Crippen LogP contribution in [0.15, 0.2) is 0 Å². The van der Waals surface area contributed by atoms with Gasteiger partial charge in [-0.3, -0.25) is 0 Å². The second-order valence-electron chi connectivity index (χ2n) is 5.75. The summed E-state index contributed by atoms with van der Waals surface area (Å²) in [5, 5.41) is 3.75. The molecule has 1 saturated heterocycles. The minimum absolute atomic E-state index is 0.376. The minimum Gasteiger partial charge on any atom is -0.381 e. The molecule has 1 fully saturated rings. The standard InChI is InChI=1S/C14H29NO/c1-5-9-15-13(14(3,4)6-2)12-8-7-10-16-11-12/h12-13,15H,5-11H2,1-4H3. The van der Waals surface area contributed by atoms with Crippen LogP contribution in [0.5, 0.6) is 0 Å². The van der Waals surface area contributed by atoms with E-state index in [2.05, 4.69) is 33.0 Å². The smallest absolute Gasteiger partial charge is 0.0509 e. The Morgan fingerprint density at radius 2 is 2.12 bits per heavy atom. The molecular formula is C14H29NO. The van der Waals surface area contributed by atoms with Crippen molar-refractivity contribution in [3.8, 4) is 0 Å². The van der Waals surface area contributed by atoms with Crippen molar-refractivity contribution < 1.29 is 4.74 Å². The fourth-order valence-corrected chi connectivity index (χ4v) is 2.63. The Hall–Kier alpha value is -0.0800. The van der Waals surface area contributed by atoms with Gasteiger partial charge in [0.2, 0.25) is 0 Å². The fourth-order valence-electron chi connectivity index (χ4n) is 2.63. The molecule has 0 aromatic carbocycles. The first-order chi connectivity index (χ1) is 7.61. The fraction of sp³-hybridized carbons (Fsp3) is 1.00. The molecule has 0 saturated carbocycles. The van der Waals surface area contributed by atoms with Crippen LogP contribution in [-0.4, -0.2) is 25.8 Å². The summed E-state index contributed by atoms with van der Waals surface area (Å²) in [7, 11) is 0. The van der Waals surface area contributed by atoms with Crippen molar-refractivity contribution in [2.24, 2.45) is 11.3 Å². The van der Waals surface area contributed by atoms with Gasteiger partial charge in [-0.2, -0.15) is 0 Å². The zero-order valence-electron chi connectivity index (χ0n) is 11.5. The van der Waals surface area contributed by atoms with Gasteiger partial charge >= 0.3 is 0 Å². The van der Waals surface area contributed by atoms with E-state index in [0.717, 1.165) is 19.8 Å². The molecule has 2 nitrogen and oxygen atoms in total. The van der Waals surface area contributed by atoms with Crippen molar-refractivity contribution in [3.63, 3.8) is 0 Å². The van der Waals surface area contributed by atoms with Gasteiger partial charge < -0.3 is 10.1 Å². The summed E-state index contributed by atoms with van der Waals surface area (Å²) in [6, 6.07) is 0.609. The zero-order valence-corrected chi connectivity index (χ0v) is 11.5. The molecule has 0 aromatic heterocycles. The molecule has 2 unspecified atom stereocenters. The first-order valence-corrected chi connectivity index (χ1v) is 6.93. The van der Waals surface area contributed by atoms with Gasteiger partial charge in [0.25, 0.3) is 0 Å². The zero-order chi connectivity index (χ0) is 12.0. The number of hydrogen-bond donors (Lipinski definition) is 1. The Labute approximate surface area is 101 Å². The molecule has 2 atom stereocenters. The molecule has 0 aromatic rings. The SMILES string of the molecule is CCCNC(C1CCCOC1)C(C)(C)CC. The number of rotatable bonds is 6. The number of ether oxygens (including phenoxy) is 1. The molecule has 0 radical (unpaired) electrons. The lowest BCUT2D eigenvalue weighted by Gasteiger charge is -2.41. The van der Waals surface area contributed by atoms with Crippen LogP contribution in [0, 0.1) is 11.3 Å². The third-order valence-corrected chi connectivity index (χ3v) is 4.03. The molecule has 96 valence electrons. The van der Waals surface area contributed by atoms with Crippen molar-refractivity contribution in [1.82, 2.24) is 5.32 Å². The summed E-state index contributed by atoms with van der Waals surface area (Å²) in [6.07, 6.45) is 4.99. The van der Waals surface area contributed by atoms with Crippen LogP contribution in [0.3, 0.4) is 0 Å². The average molecular weight is 227 g/mol. The van der Waals surface area contributed by atoms with E-state index in [9.17, 15) is 0 Å². The van der Waals surface area contributed by atoms with Crippen LogP contribution in [0.2, 0.25) is 0 Å². The highest BCUT2D eigenvalue weighted by molar-refractivity contribution is 4.89. The maximum atomic E-state index is 5.64. The second-order valence-corrected chi connectivity index (χ2v) is 5.75. The molecule has 2 heteroatoms. The molecule has 0 spiro atoms. The van der Waals surface area contributed by atoms with Crippen LogP contribution >= 0.6 is 0 Å². The van der Waals surface area contributed by atoms with Crippen LogP contribution in [0.1, 0.15) is 53.4 Å². The number of nitrogens with one attached hydrogen (secondary N) is 1. The van der Waals surface area contributed by atoms with Crippen LogP contribution in [0.25, 0.3) is 0 Å². The number of hydrogen-bond acceptors (Lipinski definition) is 2. The summed E-state index contributed by atoms with van der Waals surface area (Å²) in [5.74, 6) is 0.704. The topological polar surface area (TPSA) is 21.3 Å². The molecule has 0 amide bonds. The van der Waals surface area contributed by atoms with E-state index in [-0.39, 0.29) is 0 Å². The van der Waals surface area contributed by atoms with Crippen molar-refractivity contribution in [2.75, 3.05) is 19.8 Å². The Kier molecular flexibility index (Phi) is 5.77. The normalized spacial score (nSPS) is 24.4. The van der Waals surface area contributed by atoms with Crippen molar-refractivity contribution in [1.29, 1.82) is 0 Å². The van der Waals surface area contributed by atoms with Gasteiger partial charge in [-0.25, -0.2) is 0 Å². The van der Waals surface area contributed by atoms with Gasteiger partial charge in [0, 0.05) is 12.6 Å². The highest BCUT2D eigenvalue weighted by atomic mass is 16.5. The van der Waals surface area contributed by atoms with Gasteiger partial charge in [-0.15, -0.1) is 0 Å². The van der Waals surface area contributed by atoms with Gasteiger partial charge in [-0.05, 0) is 43.6 Å². The molecule has 1 N–H and O–H groups in total. The summed E-state index contributed by atoms with van der Waals surface area (Å²) < 4.78 is 5.64. The van der Waals surface area contributed by atoms with Crippen LogP contribution < -0.4 is 5.32 Å². The Bertz CT molecular complexity index is 185. The van der Waals surface area contributed by atoms with Gasteiger partial charge in [0.15, 0.2) is 0 Å². The van der Waals surface area contributed by atoms with E-state index in [0.29, 0.717) is 17.4 Å². The predicted molar refractivity (Wildman–Crippen MR) is 69.7 cm³/mol. The maximum absolute atomic E-state index is 5.64. The monoisotopic (exact) mass is 227 g/mol. The van der Waals surface area contributed by atoms with E-state index < -0.39 is 0 Å². The lowest BCUT2D eigenvalue weighted by Crippen LogP contribution is -2.49. The molecule has 0 aliphatic carbocycles. The summed E-state index contributed by atoms with van der Waals surface area (Å²) in [6.45, 7) is 12.3. The summed E-state index contributed by atoms with van der Waals surface area (Å²) in [4.78, 5) is 0. The Morgan fingerprint density at radius 3 is 2.62 bits per heavy atom. The average Bonchev–Trinajstić information content (AvgIpc) is 2.31. The minimum atomic E-state index is 0.376. The van der Waals surface area contributed by atoms with Gasteiger partial charge in [-0.1, -0.05) is 27.7 Å². The molecule has 16 heavy (non-hydrogen) atoms. The van der Waals surface area contributed by atoms with Gasteiger partial charge in [0.1, 0.15) is 0 Å². The third-order valence-electron chi connectivity index (χ3n) is 4.03. The lowest BCUT2D eigenvalue weighted by atomic mass is 9.74. The van der Waals surface area contributed by atoms with Crippen molar-refractivity contribution >= 4 is 0 Å². The second kappa shape index (κ2) is 6.61. The van der Waals surface area contributed by atoms with E-state index in [4.69, 9.17) is 4.74 Å². The lowest BCUT2D eigenvalue weighted by molar-refractivity contribution is 0.0140. The first-order valence-electron chi connectivity index (χ1n) is 6.93. The van der Waals surface area contributed by atoms with E-state index >= 15 is 0 Å². The molecule has 0 bridgehead atoms. The molecule has 1 heterocycles. The summed E-state index contributed by atoms with van der Waals surface area (Å²) >= 11 is 0. The molecule has 1 aliphatic heterocycles. The Morgan fingerprint density at radius 1 is 1.38 bits per heavy atom. The molecular weight excluding hydrogens is 198 g/mol. The maximum Gasteiger partial charge on any atom is 0.0509 e. The highest BCUT2D eigenvalue weighted by Crippen LogP contribution is 2.33. The first kappa shape index (κ1) is 14.0. The van der Waals surface area contributed by atoms with Crippen molar-refractivity contribution in [2.45, 2.75) is 59.4 Å². The largest absolute Gasteiger partial charge is 0.381 e.